The first-order valence-electron chi connectivity index (χ1n) is 17.2. The Morgan fingerprint density at radius 1 is 0.458 bits per heavy atom. The van der Waals surface area contributed by atoms with Crippen LogP contribution in [0.2, 0.25) is 0 Å². The van der Waals surface area contributed by atoms with Crippen molar-refractivity contribution in [1.29, 1.82) is 0 Å². The first-order chi connectivity index (χ1) is 23.8. The Hall–Kier alpha value is -5.72. The molecular weight excluding hydrogens is 577 g/mol. The normalized spacial score (nSPS) is 15.7. The highest BCUT2D eigenvalue weighted by atomic mass is 14.5. The molecule has 0 saturated heterocycles. The molecule has 1 unspecified atom stereocenters. The number of aryl methyl sites for hydroxylation is 1. The molecule has 0 heterocycles. The van der Waals surface area contributed by atoms with Gasteiger partial charge in [-0.2, -0.15) is 0 Å². The van der Waals surface area contributed by atoms with Crippen LogP contribution in [0, 0.1) is 0 Å². The fourth-order valence-corrected chi connectivity index (χ4v) is 9.09. The molecule has 0 saturated carbocycles. The SMILES string of the molecule is c1ccc(-c2ccc3c(ccc4c5c(ccc43)-c3ccc(C4CCc6ccccc64)cc3C5(c3ccccc3)c3ccccc3)c2)cc1. The number of benzene rings is 8. The number of fused-ring (bicyclic) bond motifs is 8. The maximum absolute atomic E-state index is 2.57. The molecule has 0 spiro atoms. The van der Waals surface area contributed by atoms with E-state index in [4.69, 9.17) is 0 Å². The fourth-order valence-electron chi connectivity index (χ4n) is 9.09. The van der Waals surface area contributed by atoms with Crippen LogP contribution in [0.5, 0.6) is 0 Å². The minimum Gasteiger partial charge on any atom is -0.0622 e. The average molecular weight is 611 g/mol. The average Bonchev–Trinajstić information content (AvgIpc) is 3.73. The second kappa shape index (κ2) is 10.7. The van der Waals surface area contributed by atoms with Gasteiger partial charge < -0.3 is 0 Å². The van der Waals surface area contributed by atoms with Crippen molar-refractivity contribution in [1.82, 2.24) is 0 Å². The van der Waals surface area contributed by atoms with E-state index in [1.54, 1.807) is 0 Å². The molecule has 0 aromatic heterocycles. The zero-order chi connectivity index (χ0) is 31.7. The van der Waals surface area contributed by atoms with Crippen LogP contribution < -0.4 is 0 Å². The molecular formula is C48H34. The molecule has 0 aliphatic heterocycles. The predicted molar refractivity (Wildman–Crippen MR) is 201 cm³/mol. The van der Waals surface area contributed by atoms with Gasteiger partial charge in [-0.05, 0) is 102 Å². The molecule has 0 bridgehead atoms. The summed E-state index contributed by atoms with van der Waals surface area (Å²) in [5, 5.41) is 5.19. The van der Waals surface area contributed by atoms with Crippen LogP contribution in [-0.4, -0.2) is 0 Å². The first kappa shape index (κ1) is 27.4. The molecule has 2 aliphatic carbocycles. The summed E-state index contributed by atoms with van der Waals surface area (Å²) in [6.45, 7) is 0. The number of hydrogen-bond acceptors (Lipinski definition) is 0. The lowest BCUT2D eigenvalue weighted by Crippen LogP contribution is -2.29. The van der Waals surface area contributed by atoms with Gasteiger partial charge in [0.2, 0.25) is 0 Å². The van der Waals surface area contributed by atoms with Crippen LogP contribution in [0.15, 0.2) is 176 Å². The monoisotopic (exact) mass is 610 g/mol. The summed E-state index contributed by atoms with van der Waals surface area (Å²) >= 11 is 0. The summed E-state index contributed by atoms with van der Waals surface area (Å²) in [4.78, 5) is 0. The van der Waals surface area contributed by atoms with Gasteiger partial charge in [0.05, 0.1) is 5.41 Å². The standard InChI is InChI=1S/C48H34/c1-4-12-32(13-5-1)34-21-25-41-35(30-34)23-27-44-42(41)28-29-45-43-26-22-36(40-24-20-33-14-10-11-19-39(33)40)31-46(43)48(47(44)45,37-15-6-2-7-16-37)38-17-8-3-9-18-38/h1-19,21-23,25-31,40H,20,24H2. The molecule has 226 valence electrons. The van der Waals surface area contributed by atoms with Crippen LogP contribution >= 0.6 is 0 Å². The van der Waals surface area contributed by atoms with E-state index < -0.39 is 5.41 Å². The van der Waals surface area contributed by atoms with Crippen molar-refractivity contribution in [2.75, 3.05) is 0 Å². The van der Waals surface area contributed by atoms with Crippen molar-refractivity contribution in [2.45, 2.75) is 24.2 Å². The van der Waals surface area contributed by atoms with E-state index in [1.807, 2.05) is 0 Å². The molecule has 0 fully saturated rings. The fraction of sp³-hybridized carbons (Fsp3) is 0.0833. The van der Waals surface area contributed by atoms with Gasteiger partial charge in [-0.15, -0.1) is 0 Å². The van der Waals surface area contributed by atoms with Gasteiger partial charge in [-0.1, -0.05) is 170 Å². The Labute approximate surface area is 282 Å². The van der Waals surface area contributed by atoms with Gasteiger partial charge in [0.15, 0.2) is 0 Å². The van der Waals surface area contributed by atoms with Crippen LogP contribution in [0.4, 0.5) is 0 Å². The number of rotatable bonds is 4. The summed E-state index contributed by atoms with van der Waals surface area (Å²) in [5.41, 5.74) is 14.5. The van der Waals surface area contributed by atoms with Gasteiger partial charge in [-0.25, -0.2) is 0 Å². The van der Waals surface area contributed by atoms with Crippen LogP contribution in [0.3, 0.4) is 0 Å². The van der Waals surface area contributed by atoms with Gasteiger partial charge >= 0.3 is 0 Å². The lowest BCUT2D eigenvalue weighted by atomic mass is 9.66. The molecule has 2 aliphatic rings. The molecule has 0 amide bonds. The lowest BCUT2D eigenvalue weighted by molar-refractivity contribution is 0.758. The van der Waals surface area contributed by atoms with Gasteiger partial charge in [-0.3, -0.25) is 0 Å². The van der Waals surface area contributed by atoms with E-state index in [0.717, 1.165) is 12.8 Å². The van der Waals surface area contributed by atoms with Crippen molar-refractivity contribution >= 4 is 21.5 Å². The molecule has 0 nitrogen and oxygen atoms in total. The molecule has 0 heteroatoms. The Morgan fingerprint density at radius 2 is 1.10 bits per heavy atom. The largest absolute Gasteiger partial charge is 0.0719 e. The molecule has 0 radical (unpaired) electrons. The summed E-state index contributed by atoms with van der Waals surface area (Å²) < 4.78 is 0. The quantitative estimate of drug-likeness (QED) is 0.174. The van der Waals surface area contributed by atoms with Crippen molar-refractivity contribution in [3.63, 3.8) is 0 Å². The van der Waals surface area contributed by atoms with Gasteiger partial charge in [0, 0.05) is 5.92 Å². The highest BCUT2D eigenvalue weighted by molar-refractivity contribution is 6.13. The minimum absolute atomic E-state index is 0.416. The van der Waals surface area contributed by atoms with Gasteiger partial charge in [0.25, 0.3) is 0 Å². The smallest absolute Gasteiger partial charge is 0.0622 e. The maximum atomic E-state index is 2.57. The second-order valence-electron chi connectivity index (χ2n) is 13.5. The van der Waals surface area contributed by atoms with Crippen molar-refractivity contribution in [3.05, 3.63) is 215 Å². The van der Waals surface area contributed by atoms with E-state index in [9.17, 15) is 0 Å². The lowest BCUT2D eigenvalue weighted by Gasteiger charge is -2.35. The maximum Gasteiger partial charge on any atom is 0.0719 e. The van der Waals surface area contributed by atoms with E-state index >= 15 is 0 Å². The summed E-state index contributed by atoms with van der Waals surface area (Å²) in [7, 11) is 0. The molecule has 1 atom stereocenters. The minimum atomic E-state index is -0.460. The molecule has 0 N–H and O–H groups in total. The van der Waals surface area contributed by atoms with Crippen LogP contribution in [-0.2, 0) is 11.8 Å². The third kappa shape index (κ3) is 3.90. The zero-order valence-corrected chi connectivity index (χ0v) is 26.7. The molecule has 48 heavy (non-hydrogen) atoms. The highest BCUT2D eigenvalue weighted by Gasteiger charge is 2.47. The second-order valence-corrected chi connectivity index (χ2v) is 13.5. The zero-order valence-electron chi connectivity index (χ0n) is 26.7. The summed E-state index contributed by atoms with van der Waals surface area (Å²) in [6, 6.07) is 66.1. The van der Waals surface area contributed by atoms with Gasteiger partial charge in [0.1, 0.15) is 0 Å². The number of hydrogen-bond donors (Lipinski definition) is 0. The van der Waals surface area contributed by atoms with Crippen LogP contribution in [0.25, 0.3) is 43.8 Å². The molecule has 10 rings (SSSR count). The third-order valence-corrected chi connectivity index (χ3v) is 11.2. The topological polar surface area (TPSA) is 0 Å². The molecule has 8 aromatic rings. The third-order valence-electron chi connectivity index (χ3n) is 11.2. The van der Waals surface area contributed by atoms with Crippen molar-refractivity contribution in [2.24, 2.45) is 0 Å². The van der Waals surface area contributed by atoms with E-state index in [0.29, 0.717) is 5.92 Å². The Kier molecular flexibility index (Phi) is 6.08. The van der Waals surface area contributed by atoms with E-state index in [1.165, 1.54) is 82.7 Å². The first-order valence-corrected chi connectivity index (χ1v) is 17.2. The predicted octanol–water partition coefficient (Wildman–Crippen LogP) is 12.1. The van der Waals surface area contributed by atoms with E-state index in [-0.39, 0.29) is 0 Å². The van der Waals surface area contributed by atoms with Crippen molar-refractivity contribution in [3.8, 4) is 22.3 Å². The Morgan fingerprint density at radius 3 is 1.88 bits per heavy atom. The summed E-state index contributed by atoms with van der Waals surface area (Å²) in [6.07, 6.45) is 2.30. The Balaban J connectivity index is 1.27. The van der Waals surface area contributed by atoms with E-state index in [2.05, 4.69) is 176 Å². The Bertz CT molecular complexity index is 2450. The highest BCUT2D eigenvalue weighted by Crippen LogP contribution is 2.59. The summed E-state index contributed by atoms with van der Waals surface area (Å²) in [5.74, 6) is 0.416. The molecule has 8 aromatic carbocycles. The van der Waals surface area contributed by atoms with Crippen LogP contribution in [0.1, 0.15) is 51.3 Å². The van der Waals surface area contributed by atoms with Crippen molar-refractivity contribution < 1.29 is 0 Å².